The molecule has 1 aliphatic heterocycles. The van der Waals surface area contributed by atoms with Crippen molar-refractivity contribution in [3.8, 4) is 0 Å². The van der Waals surface area contributed by atoms with Crippen LogP contribution in [0.15, 0.2) is 0 Å². The van der Waals surface area contributed by atoms with Crippen LogP contribution in [-0.4, -0.2) is 52.1 Å². The van der Waals surface area contributed by atoms with Crippen molar-refractivity contribution in [1.82, 2.24) is 4.90 Å². The number of nitrogens with zero attached hydrogens (tertiary/aromatic N) is 1. The lowest BCUT2D eigenvalue weighted by molar-refractivity contribution is -0.0547. The number of hydrogen-bond acceptors (Lipinski definition) is 4. The van der Waals surface area contributed by atoms with Gasteiger partial charge in [-0.25, -0.2) is 4.79 Å². The van der Waals surface area contributed by atoms with E-state index in [4.69, 9.17) is 4.74 Å². The van der Waals surface area contributed by atoms with E-state index in [1.807, 2.05) is 27.7 Å². The third kappa shape index (κ3) is 2.46. The Morgan fingerprint density at radius 2 is 2.05 bits per heavy atom. The molecular formula is C14H25NO4. The summed E-state index contributed by atoms with van der Waals surface area (Å²) in [7, 11) is 0. The first kappa shape index (κ1) is 14.6. The lowest BCUT2D eigenvalue weighted by atomic mass is 9.82. The third-order valence-electron chi connectivity index (χ3n) is 4.56. The smallest absolute Gasteiger partial charge is 0.410 e. The fraction of sp³-hybridized carbons (Fsp3) is 0.929. The average Bonchev–Trinajstić information content (AvgIpc) is 2.77. The highest BCUT2D eigenvalue weighted by molar-refractivity contribution is 5.68. The van der Waals surface area contributed by atoms with Crippen molar-refractivity contribution < 1.29 is 19.7 Å². The molecule has 1 aliphatic carbocycles. The van der Waals surface area contributed by atoms with Gasteiger partial charge in [0, 0.05) is 12.0 Å². The fourth-order valence-electron chi connectivity index (χ4n) is 3.19. The minimum Gasteiger partial charge on any atom is -0.444 e. The molecule has 5 nitrogen and oxygen atoms in total. The van der Waals surface area contributed by atoms with Gasteiger partial charge in [-0.05, 0) is 39.5 Å². The van der Waals surface area contributed by atoms with Gasteiger partial charge in [0.15, 0.2) is 0 Å². The van der Waals surface area contributed by atoms with Gasteiger partial charge in [-0.2, -0.15) is 0 Å². The Bertz CT molecular complexity index is 374. The maximum atomic E-state index is 12.0. The van der Waals surface area contributed by atoms with Gasteiger partial charge in [0.25, 0.3) is 0 Å². The number of rotatable bonds is 2. The standard InChI is InChI=1S/C14H25NO4/c1-10-7-13(10,9-16)14(18)5-6-15(8-14)11(17)19-12(2,3)4/h10,16,18H,5-9H2,1-4H3. The Kier molecular flexibility index (Phi) is 3.34. The molecule has 110 valence electrons. The molecule has 1 saturated heterocycles. The topological polar surface area (TPSA) is 70.0 Å². The van der Waals surface area contributed by atoms with E-state index in [2.05, 4.69) is 0 Å². The Hall–Kier alpha value is -0.810. The lowest BCUT2D eigenvalue weighted by Crippen LogP contribution is -2.46. The average molecular weight is 271 g/mol. The van der Waals surface area contributed by atoms with E-state index in [1.54, 1.807) is 4.90 Å². The minimum atomic E-state index is -0.974. The van der Waals surface area contributed by atoms with Gasteiger partial charge < -0.3 is 19.8 Å². The predicted octanol–water partition coefficient (Wildman–Crippen LogP) is 1.38. The third-order valence-corrected chi connectivity index (χ3v) is 4.56. The van der Waals surface area contributed by atoms with Gasteiger partial charge in [0.2, 0.25) is 0 Å². The molecule has 3 atom stereocenters. The molecular weight excluding hydrogens is 246 g/mol. The highest BCUT2D eigenvalue weighted by atomic mass is 16.6. The molecule has 0 bridgehead atoms. The summed E-state index contributed by atoms with van der Waals surface area (Å²) in [5, 5.41) is 20.3. The molecule has 0 aromatic carbocycles. The fourth-order valence-corrected chi connectivity index (χ4v) is 3.19. The van der Waals surface area contributed by atoms with Gasteiger partial charge in [-0.3, -0.25) is 0 Å². The molecule has 1 saturated carbocycles. The van der Waals surface area contributed by atoms with Crippen LogP contribution in [0.25, 0.3) is 0 Å². The van der Waals surface area contributed by atoms with Crippen molar-refractivity contribution >= 4 is 6.09 Å². The SMILES string of the molecule is CC1CC1(CO)C1(O)CCN(C(=O)OC(C)(C)C)C1. The molecule has 19 heavy (non-hydrogen) atoms. The van der Waals surface area contributed by atoms with E-state index in [1.165, 1.54) is 0 Å². The van der Waals surface area contributed by atoms with E-state index < -0.39 is 16.6 Å². The summed E-state index contributed by atoms with van der Waals surface area (Å²) in [6.45, 7) is 8.23. The summed E-state index contributed by atoms with van der Waals surface area (Å²) >= 11 is 0. The van der Waals surface area contributed by atoms with E-state index in [0.29, 0.717) is 18.9 Å². The lowest BCUT2D eigenvalue weighted by Gasteiger charge is -2.33. The van der Waals surface area contributed by atoms with Crippen LogP contribution in [0.1, 0.15) is 40.5 Å². The van der Waals surface area contributed by atoms with Gasteiger partial charge in [-0.15, -0.1) is 0 Å². The molecule has 0 spiro atoms. The first-order chi connectivity index (χ1) is 8.63. The second kappa shape index (κ2) is 4.35. The predicted molar refractivity (Wildman–Crippen MR) is 70.7 cm³/mol. The van der Waals surface area contributed by atoms with Crippen molar-refractivity contribution in [3.05, 3.63) is 0 Å². The Labute approximate surface area is 114 Å². The summed E-state index contributed by atoms with van der Waals surface area (Å²) in [6.07, 6.45) is 0.948. The molecule has 2 aliphatic rings. The Morgan fingerprint density at radius 3 is 2.47 bits per heavy atom. The Morgan fingerprint density at radius 1 is 1.47 bits per heavy atom. The molecule has 2 N–H and O–H groups in total. The van der Waals surface area contributed by atoms with Crippen LogP contribution in [0.2, 0.25) is 0 Å². The maximum Gasteiger partial charge on any atom is 0.410 e. The Balaban J connectivity index is 2.02. The number of aliphatic hydroxyl groups is 2. The van der Waals surface area contributed by atoms with Crippen molar-refractivity contribution in [1.29, 1.82) is 0 Å². The quantitative estimate of drug-likeness (QED) is 0.796. The molecule has 0 radical (unpaired) electrons. The monoisotopic (exact) mass is 271 g/mol. The molecule has 3 unspecified atom stereocenters. The molecule has 1 heterocycles. The largest absolute Gasteiger partial charge is 0.444 e. The number of β-amino-alcohol motifs (C(OH)–C–C–N with tert-alkyl or cyclic N) is 1. The zero-order valence-electron chi connectivity index (χ0n) is 12.3. The van der Waals surface area contributed by atoms with Crippen LogP contribution < -0.4 is 0 Å². The van der Waals surface area contributed by atoms with E-state index in [9.17, 15) is 15.0 Å². The summed E-state index contributed by atoms with van der Waals surface area (Å²) < 4.78 is 5.32. The second-order valence-electron chi connectivity index (χ2n) is 7.10. The summed E-state index contributed by atoms with van der Waals surface area (Å²) in [5.41, 5.74) is -1.93. The van der Waals surface area contributed by atoms with Crippen molar-refractivity contribution in [2.75, 3.05) is 19.7 Å². The van der Waals surface area contributed by atoms with Gasteiger partial charge >= 0.3 is 6.09 Å². The van der Waals surface area contributed by atoms with Crippen molar-refractivity contribution in [2.24, 2.45) is 11.3 Å². The van der Waals surface area contributed by atoms with E-state index in [-0.39, 0.29) is 19.2 Å². The van der Waals surface area contributed by atoms with Crippen LogP contribution in [0, 0.1) is 11.3 Å². The molecule has 2 rings (SSSR count). The van der Waals surface area contributed by atoms with Gasteiger partial charge in [0.1, 0.15) is 5.60 Å². The molecule has 0 aromatic rings. The van der Waals surface area contributed by atoms with Crippen molar-refractivity contribution in [3.63, 3.8) is 0 Å². The van der Waals surface area contributed by atoms with Crippen LogP contribution in [0.3, 0.4) is 0 Å². The highest BCUT2D eigenvalue weighted by Gasteiger charge is 2.65. The number of likely N-dealkylation sites (tertiary alicyclic amines) is 1. The molecule has 5 heteroatoms. The zero-order valence-corrected chi connectivity index (χ0v) is 12.3. The van der Waals surface area contributed by atoms with Gasteiger partial charge in [0.05, 0.1) is 18.8 Å². The van der Waals surface area contributed by atoms with Crippen LogP contribution in [-0.2, 0) is 4.74 Å². The van der Waals surface area contributed by atoms with Crippen LogP contribution in [0.4, 0.5) is 4.79 Å². The zero-order chi connectivity index (χ0) is 14.5. The first-order valence-electron chi connectivity index (χ1n) is 6.95. The highest BCUT2D eigenvalue weighted by Crippen LogP contribution is 2.61. The summed E-state index contributed by atoms with van der Waals surface area (Å²) in [4.78, 5) is 13.5. The second-order valence-corrected chi connectivity index (χ2v) is 7.10. The number of hydrogen-bond donors (Lipinski definition) is 2. The van der Waals surface area contributed by atoms with E-state index in [0.717, 1.165) is 6.42 Å². The maximum absolute atomic E-state index is 12.0. The number of amides is 1. The van der Waals surface area contributed by atoms with Crippen molar-refractivity contribution in [2.45, 2.75) is 51.7 Å². The van der Waals surface area contributed by atoms with Gasteiger partial charge in [-0.1, -0.05) is 6.92 Å². The first-order valence-corrected chi connectivity index (χ1v) is 6.95. The number of ether oxygens (including phenoxy) is 1. The molecule has 2 fully saturated rings. The number of carbonyl (C=O) groups excluding carboxylic acids is 1. The summed E-state index contributed by atoms with van der Waals surface area (Å²) in [5.74, 6) is 0.307. The minimum absolute atomic E-state index is 0.0210. The summed E-state index contributed by atoms with van der Waals surface area (Å²) in [6, 6.07) is 0. The number of aliphatic hydroxyl groups excluding tert-OH is 1. The molecule has 0 aromatic heterocycles. The number of carbonyl (C=O) groups is 1. The van der Waals surface area contributed by atoms with E-state index >= 15 is 0 Å². The molecule has 1 amide bonds. The van der Waals surface area contributed by atoms with Crippen LogP contribution in [0.5, 0.6) is 0 Å². The van der Waals surface area contributed by atoms with Crippen LogP contribution >= 0.6 is 0 Å². The normalized spacial score (nSPS) is 38.4.